The van der Waals surface area contributed by atoms with Gasteiger partial charge in [0.15, 0.2) is 11.5 Å². The van der Waals surface area contributed by atoms with Gasteiger partial charge in [-0.15, -0.1) is 0 Å². The van der Waals surface area contributed by atoms with Crippen molar-refractivity contribution in [2.75, 3.05) is 19.5 Å². The lowest BCUT2D eigenvalue weighted by molar-refractivity contribution is 0.356. The summed E-state index contributed by atoms with van der Waals surface area (Å²) in [5.41, 5.74) is 13.6. The number of ether oxygens (including phenoxy) is 2. The van der Waals surface area contributed by atoms with Crippen LogP contribution in [0.5, 0.6) is 11.5 Å². The number of nitrogens with two attached hydrogens (primary N) is 2. The van der Waals surface area contributed by atoms with Crippen LogP contribution in [-0.4, -0.2) is 30.5 Å². The second-order valence-electron chi connectivity index (χ2n) is 5.16. The number of methoxy groups -OCH3 is 2. The maximum Gasteiger partial charge on any atom is 0.226 e. The van der Waals surface area contributed by atoms with Crippen LogP contribution in [0.4, 0.5) is 5.95 Å². The van der Waals surface area contributed by atoms with Gasteiger partial charge in [0.05, 0.1) is 25.4 Å². The van der Waals surface area contributed by atoms with Crippen molar-refractivity contribution in [2.45, 2.75) is 6.29 Å². The van der Waals surface area contributed by atoms with E-state index in [9.17, 15) is 0 Å². The van der Waals surface area contributed by atoms with E-state index in [-0.39, 0.29) is 0 Å². The Morgan fingerprint density at radius 3 is 2.25 bits per heavy atom. The van der Waals surface area contributed by atoms with Crippen molar-refractivity contribution in [2.24, 2.45) is 11.5 Å². The van der Waals surface area contributed by atoms with Crippen molar-refractivity contribution in [1.82, 2.24) is 9.97 Å². The molecular weight excluding hydrogens is 306 g/mol. The molecule has 0 saturated heterocycles. The normalized spacial score (nSPS) is 10.9. The molecule has 0 spiro atoms. The highest BCUT2D eigenvalue weighted by molar-refractivity contribution is 5.95. The molecule has 7 heteroatoms. The Bertz CT molecular complexity index is 852. The first-order chi connectivity index (χ1) is 11.6. The Hall–Kier alpha value is -2.90. The van der Waals surface area contributed by atoms with Crippen LogP contribution in [0.2, 0.25) is 0 Å². The Labute approximate surface area is 139 Å². The zero-order valence-corrected chi connectivity index (χ0v) is 13.5. The molecule has 0 aliphatic rings. The molecule has 1 aromatic heterocycles. The van der Waals surface area contributed by atoms with Crippen LogP contribution in [0.1, 0.15) is 0 Å². The minimum absolute atomic E-state index is 0.351. The van der Waals surface area contributed by atoms with Crippen LogP contribution in [0.3, 0.4) is 0 Å². The predicted octanol–water partition coefficient (Wildman–Crippen LogP) is 1.93. The number of benzene rings is 2. The average molecular weight is 325 g/mol. The Morgan fingerprint density at radius 1 is 0.958 bits per heavy atom. The molecule has 0 fully saturated rings. The summed E-state index contributed by atoms with van der Waals surface area (Å²) in [6, 6.07) is 13.5. The maximum atomic E-state index is 5.60. The molecule has 0 radical (unpaired) electrons. The van der Waals surface area contributed by atoms with Gasteiger partial charge in [-0.05, 0) is 6.07 Å². The number of anilines is 1. The van der Waals surface area contributed by atoms with Crippen LogP contribution >= 0.6 is 0 Å². The second kappa shape index (κ2) is 6.69. The van der Waals surface area contributed by atoms with E-state index in [2.05, 4.69) is 15.3 Å². The van der Waals surface area contributed by atoms with Crippen molar-refractivity contribution in [3.8, 4) is 22.8 Å². The van der Waals surface area contributed by atoms with Gasteiger partial charge in [-0.25, -0.2) is 9.97 Å². The van der Waals surface area contributed by atoms with Crippen molar-refractivity contribution in [1.29, 1.82) is 0 Å². The summed E-state index contributed by atoms with van der Waals surface area (Å²) in [4.78, 5) is 9.03. The fourth-order valence-corrected chi connectivity index (χ4v) is 2.49. The van der Waals surface area contributed by atoms with Gasteiger partial charge in [0, 0.05) is 17.0 Å². The van der Waals surface area contributed by atoms with Crippen LogP contribution < -0.4 is 26.3 Å². The fourth-order valence-electron chi connectivity index (χ4n) is 2.49. The van der Waals surface area contributed by atoms with Crippen molar-refractivity contribution in [3.63, 3.8) is 0 Å². The first-order valence-electron chi connectivity index (χ1n) is 7.39. The van der Waals surface area contributed by atoms with E-state index in [4.69, 9.17) is 20.9 Å². The van der Waals surface area contributed by atoms with Gasteiger partial charge in [0.2, 0.25) is 5.95 Å². The molecule has 3 rings (SSSR count). The lowest BCUT2D eigenvalue weighted by Crippen LogP contribution is -2.39. The first-order valence-corrected chi connectivity index (χ1v) is 7.39. The standard InChI is InChI=1S/C17H19N5O2/c1-23-13-8-11-12(9-14(13)24-2)20-17(22-16(18)19)21-15(11)10-6-4-3-5-7-10/h3-9,16H,18-19H2,1-2H3,(H,20,21,22). The average Bonchev–Trinajstić information content (AvgIpc) is 2.60. The number of nitrogens with one attached hydrogen (secondary N) is 1. The van der Waals surface area contributed by atoms with Gasteiger partial charge in [-0.2, -0.15) is 0 Å². The third-order valence-corrected chi connectivity index (χ3v) is 3.54. The smallest absolute Gasteiger partial charge is 0.226 e. The van der Waals surface area contributed by atoms with Gasteiger partial charge < -0.3 is 14.8 Å². The largest absolute Gasteiger partial charge is 0.493 e. The van der Waals surface area contributed by atoms with Gasteiger partial charge in [-0.3, -0.25) is 11.5 Å². The topological polar surface area (TPSA) is 108 Å². The molecule has 24 heavy (non-hydrogen) atoms. The number of hydrogen-bond donors (Lipinski definition) is 3. The number of fused-ring (bicyclic) bond motifs is 1. The molecule has 1 heterocycles. The first kappa shape index (κ1) is 16.0. The third-order valence-electron chi connectivity index (χ3n) is 3.54. The number of rotatable bonds is 5. The highest BCUT2D eigenvalue weighted by Gasteiger charge is 2.14. The maximum absolute atomic E-state index is 5.60. The van der Waals surface area contributed by atoms with Crippen LogP contribution in [0, 0.1) is 0 Å². The van der Waals surface area contributed by atoms with Crippen LogP contribution in [0.25, 0.3) is 22.2 Å². The van der Waals surface area contributed by atoms with Crippen molar-refractivity contribution >= 4 is 16.9 Å². The molecule has 3 aromatic rings. The van der Waals surface area contributed by atoms with E-state index in [1.165, 1.54) is 0 Å². The summed E-state index contributed by atoms with van der Waals surface area (Å²) >= 11 is 0. The summed E-state index contributed by atoms with van der Waals surface area (Å²) in [5, 5.41) is 3.68. The number of nitrogens with zero attached hydrogens (tertiary/aromatic N) is 2. The lowest BCUT2D eigenvalue weighted by atomic mass is 10.1. The van der Waals surface area contributed by atoms with Crippen LogP contribution in [-0.2, 0) is 0 Å². The van der Waals surface area contributed by atoms with Gasteiger partial charge in [-0.1, -0.05) is 30.3 Å². The highest BCUT2D eigenvalue weighted by atomic mass is 16.5. The van der Waals surface area contributed by atoms with E-state index < -0.39 is 6.29 Å². The summed E-state index contributed by atoms with van der Waals surface area (Å²) in [6.45, 7) is 0. The second-order valence-corrected chi connectivity index (χ2v) is 5.16. The summed E-state index contributed by atoms with van der Waals surface area (Å²) < 4.78 is 10.7. The van der Waals surface area contributed by atoms with E-state index in [1.54, 1.807) is 20.3 Å². The SMILES string of the molecule is COc1cc2nc(NC(N)N)nc(-c3ccccc3)c2cc1OC. The monoisotopic (exact) mass is 325 g/mol. The van der Waals surface area contributed by atoms with E-state index >= 15 is 0 Å². The number of hydrogen-bond acceptors (Lipinski definition) is 7. The molecule has 2 aromatic carbocycles. The van der Waals surface area contributed by atoms with Crippen LogP contribution in [0.15, 0.2) is 42.5 Å². The molecule has 5 N–H and O–H groups in total. The highest BCUT2D eigenvalue weighted by Crippen LogP contribution is 2.36. The molecule has 7 nitrogen and oxygen atoms in total. The minimum atomic E-state index is -0.758. The van der Waals surface area contributed by atoms with Crippen molar-refractivity contribution < 1.29 is 9.47 Å². The molecular formula is C17H19N5O2. The summed E-state index contributed by atoms with van der Waals surface area (Å²) in [6.07, 6.45) is -0.758. The lowest BCUT2D eigenvalue weighted by Gasteiger charge is -2.14. The van der Waals surface area contributed by atoms with E-state index in [0.717, 1.165) is 16.6 Å². The molecule has 0 amide bonds. The van der Waals surface area contributed by atoms with Gasteiger partial charge >= 0.3 is 0 Å². The van der Waals surface area contributed by atoms with Gasteiger partial charge in [0.1, 0.15) is 6.29 Å². The molecule has 0 atom stereocenters. The molecule has 0 saturated carbocycles. The quantitative estimate of drug-likeness (QED) is 0.615. The molecule has 0 aliphatic heterocycles. The van der Waals surface area contributed by atoms with E-state index in [1.807, 2.05) is 36.4 Å². The summed E-state index contributed by atoms with van der Waals surface area (Å²) in [7, 11) is 3.17. The van der Waals surface area contributed by atoms with E-state index in [0.29, 0.717) is 23.0 Å². The Balaban J connectivity index is 2.29. The Kier molecular flexibility index (Phi) is 4.45. The molecule has 0 bridgehead atoms. The molecule has 0 aliphatic carbocycles. The zero-order chi connectivity index (χ0) is 17.1. The Morgan fingerprint density at radius 2 is 1.62 bits per heavy atom. The predicted molar refractivity (Wildman–Crippen MR) is 93.9 cm³/mol. The van der Waals surface area contributed by atoms with Crippen molar-refractivity contribution in [3.05, 3.63) is 42.5 Å². The number of aromatic nitrogens is 2. The van der Waals surface area contributed by atoms with Gasteiger partial charge in [0.25, 0.3) is 0 Å². The minimum Gasteiger partial charge on any atom is -0.493 e. The zero-order valence-electron chi connectivity index (χ0n) is 13.5. The summed E-state index contributed by atoms with van der Waals surface area (Å²) in [5.74, 6) is 1.55. The third kappa shape index (κ3) is 3.08. The molecule has 0 unspecified atom stereocenters. The molecule has 124 valence electrons. The fraction of sp³-hybridized carbons (Fsp3) is 0.176.